The van der Waals surface area contributed by atoms with Gasteiger partial charge in [0.1, 0.15) is 5.60 Å². The molecule has 1 aliphatic rings. The summed E-state index contributed by atoms with van der Waals surface area (Å²) >= 11 is 0. The highest BCUT2D eigenvalue weighted by molar-refractivity contribution is 5.95. The van der Waals surface area contributed by atoms with Crippen molar-refractivity contribution in [2.75, 3.05) is 6.54 Å². The van der Waals surface area contributed by atoms with E-state index in [0.29, 0.717) is 30.0 Å². The van der Waals surface area contributed by atoms with Gasteiger partial charge in [-0.25, -0.2) is 4.79 Å². The van der Waals surface area contributed by atoms with E-state index in [1.54, 1.807) is 16.5 Å². The van der Waals surface area contributed by atoms with Crippen LogP contribution in [0.15, 0.2) is 0 Å². The second-order valence-electron chi connectivity index (χ2n) is 5.90. The Morgan fingerprint density at radius 3 is 2.50 bits per heavy atom. The van der Waals surface area contributed by atoms with Crippen molar-refractivity contribution < 1.29 is 14.3 Å². The molecule has 1 aromatic heterocycles. The zero-order valence-electron chi connectivity index (χ0n) is 12.3. The minimum absolute atomic E-state index is 0.286. The number of carbonyl (C=O) groups excluding carboxylic acids is 2. The molecule has 2 heterocycles. The Kier molecular flexibility index (Phi) is 3.45. The van der Waals surface area contributed by atoms with E-state index in [-0.39, 0.29) is 6.54 Å². The van der Waals surface area contributed by atoms with Gasteiger partial charge >= 0.3 is 6.09 Å². The molecule has 0 fully saturated rings. The van der Waals surface area contributed by atoms with Gasteiger partial charge in [-0.3, -0.25) is 9.48 Å². The number of aromatic nitrogens is 2. The summed E-state index contributed by atoms with van der Waals surface area (Å²) in [4.78, 5) is 25.1. The highest BCUT2D eigenvalue weighted by Crippen LogP contribution is 2.21. The number of ether oxygens (including phenoxy) is 1. The first-order valence-corrected chi connectivity index (χ1v) is 6.53. The van der Waals surface area contributed by atoms with Crippen LogP contribution in [0.4, 0.5) is 4.79 Å². The largest absolute Gasteiger partial charge is 0.444 e. The summed E-state index contributed by atoms with van der Waals surface area (Å²) in [6, 6.07) is 0. The Labute approximate surface area is 117 Å². The van der Waals surface area contributed by atoms with Crippen LogP contribution in [0, 0.1) is 6.92 Å². The van der Waals surface area contributed by atoms with Crippen LogP contribution in [-0.2, 0) is 17.8 Å². The van der Waals surface area contributed by atoms with Gasteiger partial charge in [-0.05, 0) is 27.7 Å². The number of amides is 2. The van der Waals surface area contributed by atoms with Crippen LogP contribution in [0.25, 0.3) is 0 Å². The molecule has 2 N–H and O–H groups in total. The molecule has 7 heteroatoms. The molecule has 0 unspecified atom stereocenters. The fourth-order valence-electron chi connectivity index (χ4n) is 2.25. The van der Waals surface area contributed by atoms with Crippen LogP contribution in [0.1, 0.15) is 42.5 Å². The third kappa shape index (κ3) is 2.76. The molecule has 0 atom stereocenters. The Hall–Kier alpha value is -2.05. The number of rotatable bonds is 1. The smallest absolute Gasteiger partial charge is 0.410 e. The van der Waals surface area contributed by atoms with Crippen molar-refractivity contribution >= 4 is 12.0 Å². The van der Waals surface area contributed by atoms with Gasteiger partial charge < -0.3 is 15.4 Å². The molecule has 110 valence electrons. The van der Waals surface area contributed by atoms with E-state index in [9.17, 15) is 9.59 Å². The average Bonchev–Trinajstić information content (AvgIpc) is 2.61. The first-order valence-electron chi connectivity index (χ1n) is 6.53. The summed E-state index contributed by atoms with van der Waals surface area (Å²) in [6.07, 6.45) is -0.391. The molecule has 2 rings (SSSR count). The number of nitrogens with two attached hydrogens (primary N) is 1. The second-order valence-corrected chi connectivity index (χ2v) is 5.90. The molecule has 1 aliphatic heterocycles. The number of primary amides is 1. The van der Waals surface area contributed by atoms with Crippen molar-refractivity contribution in [3.05, 3.63) is 17.0 Å². The quantitative estimate of drug-likeness (QED) is 0.832. The highest BCUT2D eigenvalue weighted by atomic mass is 16.6. The molecule has 0 aliphatic carbocycles. The highest BCUT2D eigenvalue weighted by Gasteiger charge is 2.30. The van der Waals surface area contributed by atoms with E-state index >= 15 is 0 Å². The van der Waals surface area contributed by atoms with Crippen molar-refractivity contribution in [1.29, 1.82) is 0 Å². The van der Waals surface area contributed by atoms with Crippen LogP contribution in [0.2, 0.25) is 0 Å². The topological polar surface area (TPSA) is 90.5 Å². The molecule has 0 bridgehead atoms. The molecule has 0 saturated carbocycles. The van der Waals surface area contributed by atoms with Crippen LogP contribution in [-0.4, -0.2) is 38.8 Å². The maximum atomic E-state index is 12.1. The molecule has 0 spiro atoms. The van der Waals surface area contributed by atoms with Gasteiger partial charge in [-0.1, -0.05) is 0 Å². The van der Waals surface area contributed by atoms with Crippen molar-refractivity contribution in [2.24, 2.45) is 5.73 Å². The number of aryl methyl sites for hydroxylation is 1. The second kappa shape index (κ2) is 4.81. The van der Waals surface area contributed by atoms with E-state index in [1.807, 2.05) is 20.8 Å². The molecular weight excluding hydrogens is 260 g/mol. The molecule has 0 aromatic carbocycles. The Morgan fingerprint density at radius 1 is 1.30 bits per heavy atom. The van der Waals surface area contributed by atoms with Gasteiger partial charge in [0.15, 0.2) is 0 Å². The summed E-state index contributed by atoms with van der Waals surface area (Å²) in [6.45, 7) is 8.51. The number of hydrogen-bond acceptors (Lipinski definition) is 4. The van der Waals surface area contributed by atoms with Crippen LogP contribution >= 0.6 is 0 Å². The third-order valence-electron chi connectivity index (χ3n) is 3.05. The van der Waals surface area contributed by atoms with Crippen molar-refractivity contribution in [1.82, 2.24) is 14.7 Å². The molecule has 0 saturated heterocycles. The van der Waals surface area contributed by atoms with Gasteiger partial charge in [0.05, 0.1) is 30.0 Å². The zero-order chi connectivity index (χ0) is 15.1. The minimum atomic E-state index is -0.544. The normalized spacial score (nSPS) is 14.9. The van der Waals surface area contributed by atoms with Gasteiger partial charge in [-0.15, -0.1) is 0 Å². The monoisotopic (exact) mass is 280 g/mol. The lowest BCUT2D eigenvalue weighted by Gasteiger charge is -2.30. The molecular formula is C13H20N4O3. The lowest BCUT2D eigenvalue weighted by atomic mass is 10.1. The molecule has 1 aromatic rings. The fraction of sp³-hybridized carbons (Fsp3) is 0.615. The standard InChI is InChI=1S/C13H20N4O3/c1-8-10(11(14)18)9-7-16(5-6-17(9)15-8)12(19)20-13(2,3)4/h5-7H2,1-4H3,(H2,14,18). The van der Waals surface area contributed by atoms with Crippen LogP contribution < -0.4 is 5.73 Å². The number of hydrogen-bond donors (Lipinski definition) is 1. The molecule has 0 radical (unpaired) electrons. The summed E-state index contributed by atoms with van der Waals surface area (Å²) in [7, 11) is 0. The summed E-state index contributed by atoms with van der Waals surface area (Å²) in [5.41, 5.74) is 6.51. The van der Waals surface area contributed by atoms with E-state index in [4.69, 9.17) is 10.5 Å². The van der Waals surface area contributed by atoms with E-state index < -0.39 is 17.6 Å². The lowest BCUT2D eigenvalue weighted by Crippen LogP contribution is -2.42. The Morgan fingerprint density at radius 2 is 1.95 bits per heavy atom. The summed E-state index contributed by atoms with van der Waals surface area (Å²) in [5.74, 6) is -0.519. The Balaban J connectivity index is 2.22. The Bertz CT molecular complexity index is 557. The van der Waals surface area contributed by atoms with E-state index in [2.05, 4.69) is 5.10 Å². The van der Waals surface area contributed by atoms with Crippen molar-refractivity contribution in [3.63, 3.8) is 0 Å². The lowest BCUT2D eigenvalue weighted by molar-refractivity contribution is 0.0193. The predicted molar refractivity (Wildman–Crippen MR) is 72.1 cm³/mol. The molecule has 20 heavy (non-hydrogen) atoms. The fourth-order valence-corrected chi connectivity index (χ4v) is 2.25. The van der Waals surface area contributed by atoms with E-state index in [1.165, 1.54) is 0 Å². The van der Waals surface area contributed by atoms with Gasteiger partial charge in [0, 0.05) is 6.54 Å². The molecule has 2 amide bonds. The maximum absolute atomic E-state index is 12.1. The average molecular weight is 280 g/mol. The molecule has 7 nitrogen and oxygen atoms in total. The van der Waals surface area contributed by atoms with Crippen LogP contribution in [0.5, 0.6) is 0 Å². The maximum Gasteiger partial charge on any atom is 0.410 e. The number of nitrogens with zero attached hydrogens (tertiary/aromatic N) is 3. The van der Waals surface area contributed by atoms with E-state index in [0.717, 1.165) is 0 Å². The SMILES string of the molecule is Cc1nn2c(c1C(N)=O)CN(C(=O)OC(C)(C)C)CC2. The first kappa shape index (κ1) is 14.4. The zero-order valence-corrected chi connectivity index (χ0v) is 12.3. The third-order valence-corrected chi connectivity index (χ3v) is 3.05. The first-order chi connectivity index (χ1) is 9.19. The van der Waals surface area contributed by atoms with Gasteiger partial charge in [-0.2, -0.15) is 5.10 Å². The van der Waals surface area contributed by atoms with Gasteiger partial charge in [0.2, 0.25) is 0 Å². The minimum Gasteiger partial charge on any atom is -0.444 e. The summed E-state index contributed by atoms with van der Waals surface area (Å²) in [5, 5.41) is 4.28. The number of carbonyl (C=O) groups is 2. The summed E-state index contributed by atoms with van der Waals surface area (Å²) < 4.78 is 7.07. The number of fused-ring (bicyclic) bond motifs is 1. The predicted octanol–water partition coefficient (Wildman–Crippen LogP) is 1.04. The van der Waals surface area contributed by atoms with Crippen molar-refractivity contribution in [3.8, 4) is 0 Å². The van der Waals surface area contributed by atoms with Crippen LogP contribution in [0.3, 0.4) is 0 Å². The van der Waals surface area contributed by atoms with Gasteiger partial charge in [0.25, 0.3) is 5.91 Å². The van der Waals surface area contributed by atoms with Crippen molar-refractivity contribution in [2.45, 2.75) is 46.4 Å².